The molecule has 85 heavy (non-hydrogen) atoms. The van der Waals surface area contributed by atoms with Crippen LogP contribution in [-0.4, -0.2) is 74.9 Å². The Kier molecular flexibility index (Phi) is 63.9. The van der Waals surface area contributed by atoms with Crippen molar-refractivity contribution in [1.29, 1.82) is 0 Å². The van der Waals surface area contributed by atoms with Crippen molar-refractivity contribution in [1.82, 2.24) is 0 Å². The number of unbranched alkanes of at least 4 members (excludes halogenated alkanes) is 41. The quantitative estimate of drug-likeness (QED) is 0.0211. The molecule has 0 saturated carbocycles. The van der Waals surface area contributed by atoms with Gasteiger partial charge >= 0.3 is 19.8 Å². The molecular weight excluding hydrogens is 1070 g/mol. The fraction of sp³-hybridized carbons (Fsp3) is 0.813. The third kappa shape index (κ3) is 70.4. The van der Waals surface area contributed by atoms with Crippen LogP contribution in [0.4, 0.5) is 0 Å². The summed E-state index contributed by atoms with van der Waals surface area (Å²) < 4.78 is 34.7. The first kappa shape index (κ1) is 82.5. The minimum absolute atomic E-state index is 0.0244. The Labute approximate surface area is 527 Å². The van der Waals surface area contributed by atoms with E-state index in [1.165, 1.54) is 225 Å². The van der Waals surface area contributed by atoms with Gasteiger partial charge in [-0.2, -0.15) is 0 Å². The van der Waals surface area contributed by atoms with Crippen LogP contribution in [0, 0.1) is 0 Å². The summed E-state index contributed by atoms with van der Waals surface area (Å²) >= 11 is 0. The average molecular weight is 1210 g/mol. The number of phosphoric acid groups is 1. The Balaban J connectivity index is 3.96. The van der Waals surface area contributed by atoms with Crippen molar-refractivity contribution in [3.63, 3.8) is 0 Å². The minimum atomic E-state index is -4.40. The van der Waals surface area contributed by atoms with E-state index in [0.717, 1.165) is 83.5 Å². The molecule has 2 unspecified atom stereocenters. The average Bonchev–Trinajstić information content (AvgIpc) is 3.50. The number of esters is 2. The van der Waals surface area contributed by atoms with Gasteiger partial charge in [0.1, 0.15) is 19.8 Å². The summed E-state index contributed by atoms with van der Waals surface area (Å²) in [5.74, 6) is -0.817. The SMILES string of the molecule is CC/C=C\C/C=C\C/C=C\C/C=C\C/C=C\C/C=C\CCCCCCC(=O)OC(COC(=O)CCCCCCCCCCCCCCCCCCCCCCCCCCCCCCCCCCCCCCCC)COP(=O)(O)OCC[N+](C)(C)C. The standard InChI is InChI=1S/C75H138NO8P/c1-6-8-10-12-14-16-18-20-22-24-26-28-30-31-32-33-34-35-36-37-38-39-40-41-42-43-44-46-47-49-51-53-55-57-59-61-63-65-67-74(77)81-71-73(72-83-85(79,80)82-70-69-76(3,4)5)84-75(78)68-66-64-62-60-58-56-54-52-50-48-45-29-27-25-23-21-19-17-15-13-11-9-7-2/h9,11,15,17,21,23,27,29,48,50,54,56,73H,6-8,10,12-14,16,18-20,22,24-26,28,30-47,49,51-53,55,57-72H2,1-5H3/p+1/b11-9-,17-15-,23-21-,29-27-,50-48-,56-54-. The summed E-state index contributed by atoms with van der Waals surface area (Å²) in [5, 5.41) is 0. The highest BCUT2D eigenvalue weighted by Crippen LogP contribution is 2.43. The molecule has 2 atom stereocenters. The van der Waals surface area contributed by atoms with E-state index in [2.05, 4.69) is 86.8 Å². The van der Waals surface area contributed by atoms with Crippen molar-refractivity contribution in [2.75, 3.05) is 47.5 Å². The minimum Gasteiger partial charge on any atom is -0.462 e. The van der Waals surface area contributed by atoms with Crippen LogP contribution in [0.3, 0.4) is 0 Å². The van der Waals surface area contributed by atoms with Gasteiger partial charge in [0.25, 0.3) is 0 Å². The maximum Gasteiger partial charge on any atom is 0.472 e. The first-order chi connectivity index (χ1) is 41.5. The zero-order chi connectivity index (χ0) is 61.9. The van der Waals surface area contributed by atoms with Crippen molar-refractivity contribution in [2.45, 2.75) is 347 Å². The van der Waals surface area contributed by atoms with Gasteiger partial charge in [0, 0.05) is 12.8 Å². The fourth-order valence-corrected chi connectivity index (χ4v) is 11.2. The fourth-order valence-electron chi connectivity index (χ4n) is 10.5. The molecule has 0 aromatic rings. The number of carbonyl (C=O) groups is 2. The zero-order valence-corrected chi connectivity index (χ0v) is 57.5. The molecule has 0 heterocycles. The van der Waals surface area contributed by atoms with Crippen LogP contribution in [-0.2, 0) is 32.7 Å². The lowest BCUT2D eigenvalue weighted by atomic mass is 10.0. The molecule has 0 aromatic heterocycles. The van der Waals surface area contributed by atoms with Gasteiger partial charge in [0.2, 0.25) is 0 Å². The lowest BCUT2D eigenvalue weighted by molar-refractivity contribution is -0.870. The molecular formula is C75H139NO8P+. The second kappa shape index (κ2) is 65.9. The molecule has 0 aliphatic rings. The molecule has 0 radical (unpaired) electrons. The van der Waals surface area contributed by atoms with Gasteiger partial charge in [0.15, 0.2) is 6.10 Å². The number of likely N-dealkylation sites (N-methyl/N-ethyl adjacent to an activating group) is 1. The highest BCUT2D eigenvalue weighted by molar-refractivity contribution is 7.47. The number of ether oxygens (including phenoxy) is 2. The predicted molar refractivity (Wildman–Crippen MR) is 367 cm³/mol. The van der Waals surface area contributed by atoms with Gasteiger partial charge in [-0.1, -0.05) is 337 Å². The molecule has 1 N–H and O–H groups in total. The summed E-state index contributed by atoms with van der Waals surface area (Å²) in [6.45, 7) is 4.33. The monoisotopic (exact) mass is 1210 g/mol. The van der Waals surface area contributed by atoms with E-state index in [1.54, 1.807) is 0 Å². The Morgan fingerprint density at radius 2 is 0.671 bits per heavy atom. The maximum atomic E-state index is 12.8. The predicted octanol–water partition coefficient (Wildman–Crippen LogP) is 23.6. The number of hydrogen-bond donors (Lipinski definition) is 1. The molecule has 0 bridgehead atoms. The lowest BCUT2D eigenvalue weighted by Gasteiger charge is -2.24. The molecule has 0 aliphatic heterocycles. The molecule has 0 rings (SSSR count). The third-order valence-electron chi connectivity index (χ3n) is 16.0. The Morgan fingerprint density at radius 3 is 1.00 bits per heavy atom. The van der Waals surface area contributed by atoms with E-state index in [4.69, 9.17) is 18.5 Å². The summed E-state index contributed by atoms with van der Waals surface area (Å²) in [5.41, 5.74) is 0. The van der Waals surface area contributed by atoms with Crippen molar-refractivity contribution in [3.05, 3.63) is 72.9 Å². The van der Waals surface area contributed by atoms with Crippen LogP contribution in [0.15, 0.2) is 72.9 Å². The van der Waals surface area contributed by atoms with Crippen molar-refractivity contribution < 1.29 is 42.1 Å². The van der Waals surface area contributed by atoms with E-state index in [-0.39, 0.29) is 32.0 Å². The molecule has 496 valence electrons. The van der Waals surface area contributed by atoms with E-state index in [0.29, 0.717) is 17.4 Å². The normalized spacial score (nSPS) is 13.5. The van der Waals surface area contributed by atoms with E-state index in [1.807, 2.05) is 21.1 Å². The second-order valence-electron chi connectivity index (χ2n) is 25.6. The Hall–Kier alpha value is -2.55. The molecule has 0 aliphatic carbocycles. The largest absolute Gasteiger partial charge is 0.472 e. The van der Waals surface area contributed by atoms with Gasteiger partial charge in [-0.25, -0.2) is 4.57 Å². The third-order valence-corrected chi connectivity index (χ3v) is 17.0. The molecule has 10 heteroatoms. The number of nitrogens with zero attached hydrogens (tertiary/aromatic N) is 1. The van der Waals surface area contributed by atoms with Crippen LogP contribution in [0.5, 0.6) is 0 Å². The van der Waals surface area contributed by atoms with Crippen molar-refractivity contribution in [2.24, 2.45) is 0 Å². The first-order valence-corrected chi connectivity index (χ1v) is 37.7. The highest BCUT2D eigenvalue weighted by atomic mass is 31.2. The van der Waals surface area contributed by atoms with Crippen LogP contribution in [0.2, 0.25) is 0 Å². The maximum absolute atomic E-state index is 12.8. The van der Waals surface area contributed by atoms with E-state index >= 15 is 0 Å². The smallest absolute Gasteiger partial charge is 0.462 e. The Bertz CT molecular complexity index is 1660. The highest BCUT2D eigenvalue weighted by Gasteiger charge is 2.27. The summed E-state index contributed by atoms with van der Waals surface area (Å²) in [6.07, 6.45) is 89.0. The Morgan fingerprint density at radius 1 is 0.376 bits per heavy atom. The lowest BCUT2D eigenvalue weighted by Crippen LogP contribution is -2.37. The van der Waals surface area contributed by atoms with Gasteiger partial charge in [-0.3, -0.25) is 18.6 Å². The second-order valence-corrected chi connectivity index (χ2v) is 27.1. The van der Waals surface area contributed by atoms with Crippen LogP contribution in [0.25, 0.3) is 0 Å². The molecule has 0 amide bonds. The van der Waals surface area contributed by atoms with E-state index < -0.39 is 26.5 Å². The van der Waals surface area contributed by atoms with Crippen molar-refractivity contribution in [3.8, 4) is 0 Å². The first-order valence-electron chi connectivity index (χ1n) is 36.2. The molecule has 0 fully saturated rings. The van der Waals surface area contributed by atoms with Gasteiger partial charge < -0.3 is 18.9 Å². The summed E-state index contributed by atoms with van der Waals surface area (Å²) in [7, 11) is 1.46. The molecule has 0 aromatic carbocycles. The molecule has 0 spiro atoms. The number of hydrogen-bond acceptors (Lipinski definition) is 7. The summed E-state index contributed by atoms with van der Waals surface area (Å²) in [6, 6.07) is 0. The van der Waals surface area contributed by atoms with Gasteiger partial charge in [-0.05, 0) is 64.2 Å². The van der Waals surface area contributed by atoms with Crippen molar-refractivity contribution >= 4 is 19.8 Å². The molecule has 0 saturated heterocycles. The van der Waals surface area contributed by atoms with Crippen LogP contribution >= 0.6 is 7.82 Å². The number of rotatable bonds is 67. The van der Waals surface area contributed by atoms with Crippen LogP contribution < -0.4 is 0 Å². The zero-order valence-electron chi connectivity index (χ0n) is 56.6. The van der Waals surface area contributed by atoms with E-state index in [9.17, 15) is 19.0 Å². The number of carbonyl (C=O) groups excluding carboxylic acids is 2. The number of allylic oxidation sites excluding steroid dienone is 12. The van der Waals surface area contributed by atoms with Gasteiger partial charge in [0.05, 0.1) is 27.7 Å². The molecule has 9 nitrogen and oxygen atoms in total. The number of phosphoric ester groups is 1. The summed E-state index contributed by atoms with van der Waals surface area (Å²) in [4.78, 5) is 35.8. The topological polar surface area (TPSA) is 108 Å². The van der Waals surface area contributed by atoms with Gasteiger partial charge in [-0.15, -0.1) is 0 Å². The van der Waals surface area contributed by atoms with Crippen LogP contribution in [0.1, 0.15) is 341 Å². The number of quaternary nitrogens is 1.